The number of fused-ring (bicyclic) bond motifs is 1. The molecule has 0 radical (unpaired) electrons. The monoisotopic (exact) mass is 607 g/mol. The van der Waals surface area contributed by atoms with Gasteiger partial charge in [-0.2, -0.15) is 23.4 Å². The maximum atomic E-state index is 12.5. The highest BCUT2D eigenvalue weighted by Gasteiger charge is 2.28. The van der Waals surface area contributed by atoms with Crippen molar-refractivity contribution in [1.29, 1.82) is 0 Å². The van der Waals surface area contributed by atoms with E-state index in [0.29, 0.717) is 29.2 Å². The van der Waals surface area contributed by atoms with Gasteiger partial charge < -0.3 is 10.2 Å². The zero-order chi connectivity index (χ0) is 31.9. The number of hydrogen-bond donors (Lipinski definition) is 3. The second-order valence-electron chi connectivity index (χ2n) is 9.98. The van der Waals surface area contributed by atoms with E-state index in [2.05, 4.69) is 30.7 Å². The van der Waals surface area contributed by atoms with Crippen molar-refractivity contribution in [3.05, 3.63) is 72.0 Å². The third kappa shape index (κ3) is 7.56. The molecule has 1 aliphatic rings. The summed E-state index contributed by atoms with van der Waals surface area (Å²) in [6, 6.07) is 7.04. The smallest absolute Gasteiger partial charge is 0.364 e. The van der Waals surface area contributed by atoms with Crippen LogP contribution in [0.4, 0.5) is 30.2 Å². The fourth-order valence-corrected chi connectivity index (χ4v) is 4.59. The molecule has 0 bridgehead atoms. The summed E-state index contributed by atoms with van der Waals surface area (Å²) >= 11 is 0. The highest BCUT2D eigenvalue weighted by atomic mass is 19.4. The Labute approximate surface area is 251 Å². The van der Waals surface area contributed by atoms with Gasteiger partial charge in [0.25, 0.3) is 0 Å². The van der Waals surface area contributed by atoms with E-state index in [0.717, 1.165) is 34.0 Å². The van der Waals surface area contributed by atoms with Crippen LogP contribution in [0, 0.1) is 13.8 Å². The largest absolute Gasteiger partial charge is 0.405 e. The zero-order valence-corrected chi connectivity index (χ0v) is 24.6. The number of pyridine rings is 2. The lowest BCUT2D eigenvalue weighted by molar-refractivity contribution is -0.137. The average Bonchev–Trinajstić information content (AvgIpc) is 3.70. The Morgan fingerprint density at radius 2 is 1.93 bits per heavy atom. The predicted octanol–water partition coefficient (Wildman–Crippen LogP) is 4.92. The molecule has 3 N–H and O–H groups in total. The van der Waals surface area contributed by atoms with Crippen molar-refractivity contribution < 1.29 is 22.8 Å². The van der Waals surface area contributed by atoms with E-state index < -0.39 is 18.6 Å². The summed E-state index contributed by atoms with van der Waals surface area (Å²) in [7, 11) is 1.57. The molecule has 0 saturated heterocycles. The van der Waals surface area contributed by atoms with Gasteiger partial charge in [-0.3, -0.25) is 35.0 Å². The summed E-state index contributed by atoms with van der Waals surface area (Å²) in [5, 5.41) is 13.4. The number of hydrazone groups is 1. The lowest BCUT2D eigenvalue weighted by atomic mass is 10.0. The number of aromatic nitrogens is 4. The van der Waals surface area contributed by atoms with E-state index in [1.165, 1.54) is 15.5 Å². The quantitative estimate of drug-likeness (QED) is 0.243. The van der Waals surface area contributed by atoms with Crippen LogP contribution in [0.25, 0.3) is 22.2 Å². The van der Waals surface area contributed by atoms with E-state index in [-0.39, 0.29) is 6.54 Å². The molecule has 0 fully saturated rings. The molecule has 1 aromatic carbocycles. The number of nitrogens with one attached hydrogen (secondary N) is 3. The Bertz CT molecular complexity index is 1690. The molecule has 4 heterocycles. The number of allylic oxidation sites excluding steroid dienone is 2. The van der Waals surface area contributed by atoms with Crippen molar-refractivity contribution >= 4 is 46.5 Å². The van der Waals surface area contributed by atoms with E-state index in [1.807, 2.05) is 37.5 Å². The number of aromatic amines is 1. The molecule has 0 aliphatic carbocycles. The summed E-state index contributed by atoms with van der Waals surface area (Å²) in [6.45, 7) is 3.91. The molecule has 3 aromatic heterocycles. The van der Waals surface area contributed by atoms with Crippen LogP contribution in [0.3, 0.4) is 0 Å². The highest BCUT2D eigenvalue weighted by Crippen LogP contribution is 2.37. The van der Waals surface area contributed by atoms with Gasteiger partial charge in [0.2, 0.25) is 12.3 Å². The molecule has 4 aromatic rings. The lowest BCUT2D eigenvalue weighted by Gasteiger charge is -2.28. The van der Waals surface area contributed by atoms with Crippen molar-refractivity contribution in [2.24, 2.45) is 5.10 Å². The Morgan fingerprint density at radius 1 is 1.14 bits per heavy atom. The summed E-state index contributed by atoms with van der Waals surface area (Å²) in [4.78, 5) is 36.2. The van der Waals surface area contributed by atoms with Gasteiger partial charge in [0, 0.05) is 42.5 Å². The summed E-state index contributed by atoms with van der Waals surface area (Å²) < 4.78 is 37.4. The Balaban J connectivity index is 0.000000555. The first kappa shape index (κ1) is 31.7. The van der Waals surface area contributed by atoms with Crippen LogP contribution in [0.1, 0.15) is 24.5 Å². The van der Waals surface area contributed by atoms with E-state index in [1.54, 1.807) is 57.0 Å². The van der Waals surface area contributed by atoms with Gasteiger partial charge in [0.05, 0.1) is 53.4 Å². The SMILES string of the molecule is C/C=C1\CC=NN1.Cc1cc(N(C=O)c2c(C)cccc2N(C)CC(=O)NCC(F)(F)F)cnc1-c1cncc2[nH]ncc12. The molecule has 0 saturated carbocycles. The normalized spacial score (nSPS) is 13.3. The topological polar surface area (TPSA) is 132 Å². The second kappa shape index (κ2) is 13.8. The Kier molecular flexibility index (Phi) is 9.93. The highest BCUT2D eigenvalue weighted by molar-refractivity contribution is 5.96. The second-order valence-corrected chi connectivity index (χ2v) is 9.98. The third-order valence-corrected chi connectivity index (χ3v) is 6.76. The summed E-state index contributed by atoms with van der Waals surface area (Å²) in [5.74, 6) is -0.797. The number of carbonyl (C=O) groups excluding carboxylic acids is 2. The number of carbonyl (C=O) groups is 2. The number of hydrogen-bond acceptors (Lipinski definition) is 8. The zero-order valence-electron chi connectivity index (χ0n) is 24.6. The van der Waals surface area contributed by atoms with Crippen LogP contribution < -0.4 is 20.5 Å². The van der Waals surface area contributed by atoms with Gasteiger partial charge in [-0.25, -0.2) is 0 Å². The van der Waals surface area contributed by atoms with Gasteiger partial charge >= 0.3 is 6.18 Å². The standard InChI is InChI=1S/C25H24F3N7O2.C5H8N2/c1-15-5-4-6-21(34(3)12-22(37)31-13-25(26,27)28)24(15)35(14-36)17-7-16(2)23(30-8-17)19-9-29-11-20-18(19)10-32-33-20;1-2-5-3-4-6-7-5/h4-11,14H,12-13H2,1-3H3,(H,31,37)(H,32,33);2,4,7H,3H2,1H3/b;5-2+. The average molecular weight is 608 g/mol. The number of amides is 2. The first-order valence-electron chi connectivity index (χ1n) is 13.6. The Morgan fingerprint density at radius 3 is 2.57 bits per heavy atom. The van der Waals surface area contributed by atoms with Crippen molar-refractivity contribution in [3.8, 4) is 11.3 Å². The summed E-state index contributed by atoms with van der Waals surface area (Å²) in [5.41, 5.74) is 9.23. The van der Waals surface area contributed by atoms with Crippen LogP contribution in [-0.4, -0.2) is 65.0 Å². The van der Waals surface area contributed by atoms with E-state index in [4.69, 9.17) is 0 Å². The maximum Gasteiger partial charge on any atom is 0.405 e. The van der Waals surface area contributed by atoms with Crippen LogP contribution in [0.2, 0.25) is 0 Å². The number of benzene rings is 1. The minimum atomic E-state index is -4.51. The molecular formula is C30H32F3N9O2. The molecule has 0 unspecified atom stereocenters. The van der Waals surface area contributed by atoms with E-state index >= 15 is 0 Å². The predicted molar refractivity (Wildman–Crippen MR) is 164 cm³/mol. The van der Waals surface area contributed by atoms with Crippen molar-refractivity contribution in [3.63, 3.8) is 0 Å². The molecule has 5 rings (SSSR count). The van der Waals surface area contributed by atoms with Crippen LogP contribution in [0.15, 0.2) is 65.9 Å². The van der Waals surface area contributed by atoms with Crippen molar-refractivity contribution in [1.82, 2.24) is 30.9 Å². The first-order chi connectivity index (χ1) is 21.0. The first-order valence-corrected chi connectivity index (χ1v) is 13.6. The molecule has 1 aliphatic heterocycles. The van der Waals surface area contributed by atoms with Gasteiger partial charge in [-0.05, 0) is 44.0 Å². The molecule has 14 heteroatoms. The number of nitrogens with zero attached hydrogens (tertiary/aromatic N) is 6. The fraction of sp³-hybridized carbons (Fsp3) is 0.267. The number of alkyl halides is 3. The minimum absolute atomic E-state index is 0.336. The van der Waals surface area contributed by atoms with Crippen LogP contribution >= 0.6 is 0 Å². The van der Waals surface area contributed by atoms with Crippen LogP contribution in [0.5, 0.6) is 0 Å². The molecule has 230 valence electrons. The van der Waals surface area contributed by atoms with Crippen molar-refractivity contribution in [2.75, 3.05) is 29.9 Å². The van der Waals surface area contributed by atoms with Crippen molar-refractivity contribution in [2.45, 2.75) is 33.4 Å². The summed E-state index contributed by atoms with van der Waals surface area (Å²) in [6.07, 6.45) is 7.59. The maximum absolute atomic E-state index is 12.5. The number of likely N-dealkylation sites (N-methyl/N-ethyl adjacent to an activating group) is 1. The third-order valence-electron chi connectivity index (χ3n) is 6.76. The molecule has 0 spiro atoms. The van der Waals surface area contributed by atoms with E-state index in [9.17, 15) is 22.8 Å². The van der Waals surface area contributed by atoms with Crippen LogP contribution in [-0.2, 0) is 9.59 Å². The number of anilines is 3. The number of rotatable bonds is 8. The number of H-pyrrole nitrogens is 1. The van der Waals surface area contributed by atoms with Gasteiger partial charge in [0.15, 0.2) is 0 Å². The lowest BCUT2D eigenvalue weighted by Crippen LogP contribution is -2.40. The number of aryl methyl sites for hydroxylation is 2. The molecular weight excluding hydrogens is 575 g/mol. The molecule has 0 atom stereocenters. The molecule has 44 heavy (non-hydrogen) atoms. The minimum Gasteiger partial charge on any atom is -0.364 e. The van der Waals surface area contributed by atoms with Gasteiger partial charge in [-0.1, -0.05) is 18.2 Å². The van der Waals surface area contributed by atoms with Gasteiger partial charge in [-0.15, -0.1) is 0 Å². The van der Waals surface area contributed by atoms with Gasteiger partial charge in [0.1, 0.15) is 6.54 Å². The molecule has 2 amide bonds. The Hall–Kier alpha value is -5.27. The fourth-order valence-electron chi connectivity index (χ4n) is 4.59. The number of para-hydroxylation sites is 1. The number of halogens is 3. The molecule has 11 nitrogen and oxygen atoms in total.